The van der Waals surface area contributed by atoms with Crippen molar-refractivity contribution in [1.82, 2.24) is 0 Å². The fourth-order valence-corrected chi connectivity index (χ4v) is 5.56. The van der Waals surface area contributed by atoms with E-state index < -0.39 is 5.54 Å². The average Bonchev–Trinajstić information content (AvgIpc) is 2.71. The summed E-state index contributed by atoms with van der Waals surface area (Å²) in [5.41, 5.74) is 5.90. The largest absolute Gasteiger partial charge is 0.334 e. The van der Waals surface area contributed by atoms with E-state index in [0.29, 0.717) is 0 Å². The summed E-state index contributed by atoms with van der Waals surface area (Å²) in [6.07, 6.45) is 2.20. The molecule has 0 atom stereocenters. The Hall–Kier alpha value is -2.98. The molecule has 4 heteroatoms. The fourth-order valence-electron chi connectivity index (χ4n) is 4.50. The first-order valence-corrected chi connectivity index (χ1v) is 11.0. The first kappa shape index (κ1) is 19.0. The van der Waals surface area contributed by atoms with Crippen LogP contribution in [-0.4, -0.2) is 11.6 Å². The summed E-state index contributed by atoms with van der Waals surface area (Å²) in [6.45, 7) is 8.43. The molecule has 2 aliphatic heterocycles. The lowest BCUT2D eigenvalue weighted by molar-refractivity contribution is 0.249. The van der Waals surface area contributed by atoms with Gasteiger partial charge in [0.15, 0.2) is 0 Å². The highest BCUT2D eigenvalue weighted by Gasteiger charge is 2.40. The number of amides is 2. The zero-order chi connectivity index (χ0) is 21.0. The van der Waals surface area contributed by atoms with Gasteiger partial charge in [0.05, 0.1) is 22.6 Å². The van der Waals surface area contributed by atoms with Gasteiger partial charge in [0.2, 0.25) is 0 Å². The second-order valence-electron chi connectivity index (χ2n) is 8.49. The standard InChI is InChI=1S/C26H24N2OS/c1-17-13-14-20-19(15-17)18(2)16-26(3,4)28(20)25(29)27-21-9-5-7-11-23(21)30-24-12-8-6-10-22(24)27/h5-16H,1-4H3. The Bertz CT molecular complexity index is 1170. The molecule has 0 fully saturated rings. The summed E-state index contributed by atoms with van der Waals surface area (Å²) in [7, 11) is 0. The van der Waals surface area contributed by atoms with E-state index >= 15 is 0 Å². The summed E-state index contributed by atoms with van der Waals surface area (Å²) in [5.74, 6) is 0. The molecule has 0 unspecified atom stereocenters. The van der Waals surface area contributed by atoms with E-state index in [1.807, 2.05) is 46.2 Å². The quantitative estimate of drug-likeness (QED) is 0.383. The van der Waals surface area contributed by atoms with Crippen LogP contribution in [0.15, 0.2) is 82.6 Å². The number of anilines is 3. The molecule has 0 saturated carbocycles. The van der Waals surface area contributed by atoms with E-state index in [1.165, 1.54) is 11.1 Å². The van der Waals surface area contributed by atoms with E-state index in [4.69, 9.17) is 0 Å². The van der Waals surface area contributed by atoms with Crippen LogP contribution in [0.25, 0.3) is 5.57 Å². The predicted octanol–water partition coefficient (Wildman–Crippen LogP) is 7.42. The number of urea groups is 1. The number of hydrogen-bond acceptors (Lipinski definition) is 2. The monoisotopic (exact) mass is 412 g/mol. The molecule has 3 nitrogen and oxygen atoms in total. The fraction of sp³-hybridized carbons (Fsp3) is 0.192. The Kier molecular flexibility index (Phi) is 4.30. The van der Waals surface area contributed by atoms with Gasteiger partial charge in [-0.15, -0.1) is 0 Å². The van der Waals surface area contributed by atoms with Crippen LogP contribution in [0.4, 0.5) is 21.9 Å². The van der Waals surface area contributed by atoms with Gasteiger partial charge in [-0.05, 0) is 69.7 Å². The molecule has 0 bridgehead atoms. The number of benzene rings is 3. The molecule has 0 N–H and O–H groups in total. The minimum absolute atomic E-state index is 0.0333. The Morgan fingerprint density at radius 2 is 1.43 bits per heavy atom. The van der Waals surface area contributed by atoms with Gasteiger partial charge >= 0.3 is 6.03 Å². The third kappa shape index (κ3) is 2.86. The molecule has 3 aromatic carbocycles. The van der Waals surface area contributed by atoms with E-state index in [2.05, 4.69) is 64.1 Å². The van der Waals surface area contributed by atoms with Crippen LogP contribution in [0.5, 0.6) is 0 Å². The van der Waals surface area contributed by atoms with Crippen molar-refractivity contribution in [3.8, 4) is 0 Å². The minimum atomic E-state index is -0.447. The number of carbonyl (C=O) groups is 1. The molecule has 3 aromatic rings. The first-order valence-electron chi connectivity index (χ1n) is 10.2. The SMILES string of the molecule is CC1=CC(C)(C)N(C(=O)N2c3ccccc3Sc3ccccc32)c2ccc(C)cc21. The van der Waals surface area contributed by atoms with Gasteiger partial charge in [0, 0.05) is 15.4 Å². The van der Waals surface area contributed by atoms with Gasteiger partial charge in [-0.3, -0.25) is 9.80 Å². The summed E-state index contributed by atoms with van der Waals surface area (Å²) in [6, 6.07) is 22.6. The van der Waals surface area contributed by atoms with Crippen LogP contribution in [0.1, 0.15) is 31.9 Å². The van der Waals surface area contributed by atoms with Gasteiger partial charge in [-0.2, -0.15) is 0 Å². The Balaban J connectivity index is 1.71. The van der Waals surface area contributed by atoms with Crippen LogP contribution >= 0.6 is 11.8 Å². The number of allylic oxidation sites excluding steroid dienone is 1. The minimum Gasteiger partial charge on any atom is -0.284 e. The molecule has 0 radical (unpaired) electrons. The van der Waals surface area contributed by atoms with E-state index in [1.54, 1.807) is 11.8 Å². The predicted molar refractivity (Wildman–Crippen MR) is 126 cm³/mol. The Morgan fingerprint density at radius 3 is 2.07 bits per heavy atom. The van der Waals surface area contributed by atoms with Crippen molar-refractivity contribution in [3.63, 3.8) is 0 Å². The zero-order valence-corrected chi connectivity index (χ0v) is 18.5. The maximum absolute atomic E-state index is 14.3. The molecular formula is C26H24N2OS. The molecule has 2 heterocycles. The van der Waals surface area contributed by atoms with Gasteiger partial charge in [-0.25, -0.2) is 4.79 Å². The van der Waals surface area contributed by atoms with Crippen molar-refractivity contribution in [2.45, 2.75) is 43.0 Å². The number of carbonyl (C=O) groups excluding carboxylic acids is 1. The number of aryl methyl sites for hydroxylation is 1. The van der Waals surface area contributed by atoms with Gasteiger partial charge < -0.3 is 0 Å². The molecular weight excluding hydrogens is 388 g/mol. The van der Waals surface area contributed by atoms with Gasteiger partial charge in [-0.1, -0.05) is 53.7 Å². The molecule has 2 amide bonds. The molecule has 0 saturated heterocycles. The Labute approximate surface area is 182 Å². The van der Waals surface area contributed by atoms with Crippen molar-refractivity contribution in [2.24, 2.45) is 0 Å². The third-order valence-electron chi connectivity index (χ3n) is 5.78. The maximum atomic E-state index is 14.3. The molecule has 2 aliphatic rings. The average molecular weight is 413 g/mol. The number of rotatable bonds is 0. The van der Waals surface area contributed by atoms with Gasteiger partial charge in [0.1, 0.15) is 0 Å². The van der Waals surface area contributed by atoms with Crippen LogP contribution in [0, 0.1) is 6.92 Å². The van der Waals surface area contributed by atoms with E-state index in [-0.39, 0.29) is 6.03 Å². The smallest absolute Gasteiger partial charge is 0.284 e. The summed E-state index contributed by atoms with van der Waals surface area (Å²) in [5, 5.41) is 0. The second kappa shape index (κ2) is 6.78. The van der Waals surface area contributed by atoms with Crippen molar-refractivity contribution in [3.05, 3.63) is 83.9 Å². The van der Waals surface area contributed by atoms with Crippen LogP contribution < -0.4 is 9.80 Å². The lowest BCUT2D eigenvalue weighted by Crippen LogP contribution is -2.53. The molecule has 150 valence electrons. The highest BCUT2D eigenvalue weighted by Crippen LogP contribution is 2.50. The number of hydrogen-bond donors (Lipinski definition) is 0. The topological polar surface area (TPSA) is 23.6 Å². The van der Waals surface area contributed by atoms with Crippen LogP contribution in [0.3, 0.4) is 0 Å². The number of nitrogens with zero attached hydrogens (tertiary/aromatic N) is 2. The summed E-state index contributed by atoms with van der Waals surface area (Å²) >= 11 is 1.71. The molecule has 0 aromatic heterocycles. The van der Waals surface area contributed by atoms with Crippen molar-refractivity contribution >= 4 is 40.4 Å². The lowest BCUT2D eigenvalue weighted by atomic mass is 9.88. The van der Waals surface area contributed by atoms with Crippen LogP contribution in [0.2, 0.25) is 0 Å². The van der Waals surface area contributed by atoms with Crippen molar-refractivity contribution in [2.75, 3.05) is 9.80 Å². The summed E-state index contributed by atoms with van der Waals surface area (Å²) < 4.78 is 0. The molecule has 30 heavy (non-hydrogen) atoms. The zero-order valence-electron chi connectivity index (χ0n) is 17.6. The number of fused-ring (bicyclic) bond motifs is 3. The number of para-hydroxylation sites is 2. The van der Waals surface area contributed by atoms with Crippen LogP contribution in [-0.2, 0) is 0 Å². The normalized spacial score (nSPS) is 16.3. The first-order chi connectivity index (χ1) is 14.4. The van der Waals surface area contributed by atoms with E-state index in [0.717, 1.165) is 32.4 Å². The van der Waals surface area contributed by atoms with E-state index in [9.17, 15) is 4.79 Å². The summed E-state index contributed by atoms with van der Waals surface area (Å²) in [4.78, 5) is 20.3. The van der Waals surface area contributed by atoms with Crippen molar-refractivity contribution in [1.29, 1.82) is 0 Å². The molecule has 0 aliphatic carbocycles. The second-order valence-corrected chi connectivity index (χ2v) is 9.58. The maximum Gasteiger partial charge on any atom is 0.334 e. The third-order valence-corrected chi connectivity index (χ3v) is 6.91. The lowest BCUT2D eigenvalue weighted by Gasteiger charge is -2.44. The van der Waals surface area contributed by atoms with Crippen molar-refractivity contribution < 1.29 is 4.79 Å². The molecule has 0 spiro atoms. The highest BCUT2D eigenvalue weighted by molar-refractivity contribution is 7.99. The highest BCUT2D eigenvalue weighted by atomic mass is 32.2. The molecule has 5 rings (SSSR count). The van der Waals surface area contributed by atoms with Gasteiger partial charge in [0.25, 0.3) is 0 Å². The Morgan fingerprint density at radius 1 is 0.833 bits per heavy atom.